The largest absolute Gasteiger partial charge is 0.353 e. The highest BCUT2D eigenvalue weighted by molar-refractivity contribution is 4.47. The van der Waals surface area contributed by atoms with E-state index in [2.05, 4.69) is 18.4 Å². The van der Waals surface area contributed by atoms with Crippen molar-refractivity contribution < 1.29 is 11.5 Å². The smallest absolute Gasteiger partial charge is 0.134 e. The Bertz CT molecular complexity index is 45.8. The van der Waals surface area contributed by atoms with Crippen LogP contribution in [-0.2, 0) is 0 Å². The van der Waals surface area contributed by atoms with E-state index >= 15 is 0 Å². The van der Waals surface area contributed by atoms with Crippen LogP contribution < -0.4 is 11.5 Å². The van der Waals surface area contributed by atoms with Gasteiger partial charge in [-0.3, -0.25) is 0 Å². The van der Waals surface area contributed by atoms with Crippen molar-refractivity contribution in [3.05, 3.63) is 0 Å². The monoisotopic (exact) mass is 118 g/mol. The topological polar surface area (TPSA) is 55.3 Å². The van der Waals surface area contributed by atoms with E-state index in [1.807, 2.05) is 0 Å². The minimum atomic E-state index is 0.593. The first-order valence-electron chi connectivity index (χ1n) is 3.43. The van der Waals surface area contributed by atoms with Crippen LogP contribution in [0.5, 0.6) is 0 Å². The molecule has 8 heavy (non-hydrogen) atoms. The predicted octanol–water partition coefficient (Wildman–Crippen LogP) is -0.971. The van der Waals surface area contributed by atoms with Crippen LogP contribution in [0.25, 0.3) is 0 Å². The Kier molecular flexibility index (Phi) is 5.01. The maximum atomic E-state index is 3.93. The lowest BCUT2D eigenvalue weighted by atomic mass is 10.1. The van der Waals surface area contributed by atoms with Crippen molar-refractivity contribution in [1.29, 1.82) is 0 Å². The van der Waals surface area contributed by atoms with Crippen molar-refractivity contribution in [1.82, 2.24) is 0 Å². The summed E-state index contributed by atoms with van der Waals surface area (Å²) in [6, 6.07) is 0.593. The maximum absolute atomic E-state index is 3.93. The summed E-state index contributed by atoms with van der Waals surface area (Å²) in [6.07, 6.45) is 3.84. The number of hydrogen-bond donors (Lipinski definition) is 2. The van der Waals surface area contributed by atoms with Gasteiger partial charge in [-0.2, -0.15) is 0 Å². The highest BCUT2D eigenvalue weighted by Gasteiger charge is 2.01. The molecule has 0 rings (SSSR count). The van der Waals surface area contributed by atoms with Gasteiger partial charge in [0.1, 0.15) is 12.6 Å². The number of unbranched alkanes of at least 4 members (excludes halogenated alkanes) is 1. The summed E-state index contributed by atoms with van der Waals surface area (Å²) in [4.78, 5) is 0. The molecule has 0 saturated heterocycles. The van der Waals surface area contributed by atoms with Crippen LogP contribution in [0.4, 0.5) is 0 Å². The van der Waals surface area contributed by atoms with Gasteiger partial charge in [0, 0.05) is 6.42 Å². The summed E-state index contributed by atoms with van der Waals surface area (Å²) in [6.45, 7) is 3.19. The van der Waals surface area contributed by atoms with E-state index in [9.17, 15) is 0 Å². The van der Waals surface area contributed by atoms with Crippen LogP contribution in [0.3, 0.4) is 0 Å². The van der Waals surface area contributed by atoms with Gasteiger partial charge in [0.15, 0.2) is 0 Å². The molecule has 1 atom stereocenters. The Hall–Kier alpha value is -0.0800. The van der Waals surface area contributed by atoms with Crippen molar-refractivity contribution >= 4 is 0 Å². The van der Waals surface area contributed by atoms with Crippen LogP contribution in [-0.4, -0.2) is 12.6 Å². The fourth-order valence-electron chi connectivity index (χ4n) is 0.637. The molecule has 0 aliphatic carbocycles. The molecule has 2 heteroatoms. The zero-order chi connectivity index (χ0) is 6.41. The van der Waals surface area contributed by atoms with E-state index in [-0.39, 0.29) is 0 Å². The molecule has 0 aromatic heterocycles. The van der Waals surface area contributed by atoms with Crippen LogP contribution >= 0.6 is 0 Å². The van der Waals surface area contributed by atoms with E-state index in [4.69, 9.17) is 0 Å². The van der Waals surface area contributed by atoms with Crippen LogP contribution in [0.15, 0.2) is 0 Å². The predicted molar refractivity (Wildman–Crippen MR) is 34.0 cm³/mol. The van der Waals surface area contributed by atoms with E-state index in [1.54, 1.807) is 0 Å². The van der Waals surface area contributed by atoms with Gasteiger partial charge in [-0.05, 0) is 6.42 Å². The van der Waals surface area contributed by atoms with Gasteiger partial charge in [-0.15, -0.1) is 0 Å². The molecule has 0 aromatic rings. The molecule has 2 nitrogen and oxygen atoms in total. The summed E-state index contributed by atoms with van der Waals surface area (Å²) < 4.78 is 0. The lowest BCUT2D eigenvalue weighted by Crippen LogP contribution is -2.72. The Morgan fingerprint density at radius 3 is 2.50 bits per heavy atom. The number of rotatable bonds is 4. The lowest BCUT2D eigenvalue weighted by molar-refractivity contribution is -0.494. The molecule has 0 amide bonds. The Morgan fingerprint density at radius 2 is 2.12 bits per heavy atom. The van der Waals surface area contributed by atoms with E-state index in [1.165, 1.54) is 19.3 Å². The standard InChI is InChI=1S/C6H16N2/c1-2-3-4-6(8)5-7/h6H,2-5,7-8H2,1H3/p+2. The Labute approximate surface area is 51.2 Å². The summed E-state index contributed by atoms with van der Waals surface area (Å²) in [5.74, 6) is 0. The third kappa shape index (κ3) is 4.09. The summed E-state index contributed by atoms with van der Waals surface area (Å²) in [7, 11) is 0. The fourth-order valence-corrected chi connectivity index (χ4v) is 0.637. The molecule has 0 aliphatic rings. The maximum Gasteiger partial charge on any atom is 0.134 e. The average Bonchev–Trinajstić information content (AvgIpc) is 1.83. The van der Waals surface area contributed by atoms with Gasteiger partial charge in [-0.1, -0.05) is 13.3 Å². The second kappa shape index (κ2) is 5.06. The summed E-state index contributed by atoms with van der Waals surface area (Å²) in [5.41, 5.74) is 7.71. The molecule has 0 saturated carbocycles. The first-order valence-corrected chi connectivity index (χ1v) is 3.43. The van der Waals surface area contributed by atoms with Crippen LogP contribution in [0.2, 0.25) is 0 Å². The molecule has 0 bridgehead atoms. The first-order chi connectivity index (χ1) is 3.81. The molecular formula is C6H18N2+2. The molecule has 1 unspecified atom stereocenters. The second-order valence-corrected chi connectivity index (χ2v) is 2.30. The van der Waals surface area contributed by atoms with Crippen molar-refractivity contribution in [3.8, 4) is 0 Å². The van der Waals surface area contributed by atoms with Crippen molar-refractivity contribution in [2.75, 3.05) is 6.54 Å². The Morgan fingerprint density at radius 1 is 1.50 bits per heavy atom. The SMILES string of the molecule is CCCCC([NH3+])C[NH3+]. The molecule has 50 valence electrons. The molecule has 0 spiro atoms. The zero-order valence-corrected chi connectivity index (χ0v) is 5.82. The molecule has 6 N–H and O–H groups in total. The summed E-state index contributed by atoms with van der Waals surface area (Å²) in [5, 5.41) is 0. The van der Waals surface area contributed by atoms with Gasteiger partial charge in [0.05, 0.1) is 0 Å². The number of quaternary nitrogens is 2. The van der Waals surface area contributed by atoms with Crippen molar-refractivity contribution in [2.24, 2.45) is 0 Å². The molecule has 0 fully saturated rings. The van der Waals surface area contributed by atoms with Gasteiger partial charge >= 0.3 is 0 Å². The zero-order valence-electron chi connectivity index (χ0n) is 5.82. The van der Waals surface area contributed by atoms with Gasteiger partial charge < -0.3 is 11.5 Å². The third-order valence-corrected chi connectivity index (χ3v) is 1.37. The Balaban J connectivity index is 2.86. The van der Waals surface area contributed by atoms with Crippen LogP contribution in [0, 0.1) is 0 Å². The molecule has 0 heterocycles. The van der Waals surface area contributed by atoms with Crippen LogP contribution in [0.1, 0.15) is 26.2 Å². The van der Waals surface area contributed by atoms with Gasteiger partial charge in [0.2, 0.25) is 0 Å². The fraction of sp³-hybridized carbons (Fsp3) is 1.00. The molecule has 0 aromatic carbocycles. The van der Waals surface area contributed by atoms with Gasteiger partial charge in [0.25, 0.3) is 0 Å². The first kappa shape index (κ1) is 7.92. The minimum Gasteiger partial charge on any atom is -0.353 e. The summed E-state index contributed by atoms with van der Waals surface area (Å²) >= 11 is 0. The lowest BCUT2D eigenvalue weighted by Gasteiger charge is -1.99. The third-order valence-electron chi connectivity index (χ3n) is 1.37. The average molecular weight is 118 g/mol. The quantitative estimate of drug-likeness (QED) is 0.477. The van der Waals surface area contributed by atoms with E-state index in [0.29, 0.717) is 6.04 Å². The van der Waals surface area contributed by atoms with Gasteiger partial charge in [-0.25, -0.2) is 0 Å². The van der Waals surface area contributed by atoms with Crippen molar-refractivity contribution in [2.45, 2.75) is 32.2 Å². The highest BCUT2D eigenvalue weighted by Crippen LogP contribution is 1.93. The normalized spacial score (nSPS) is 13.9. The van der Waals surface area contributed by atoms with E-state index < -0.39 is 0 Å². The van der Waals surface area contributed by atoms with Crippen molar-refractivity contribution in [3.63, 3.8) is 0 Å². The molecule has 0 aliphatic heterocycles. The second-order valence-electron chi connectivity index (χ2n) is 2.30. The number of hydrogen-bond acceptors (Lipinski definition) is 0. The minimum absolute atomic E-state index is 0.593. The highest BCUT2D eigenvalue weighted by atomic mass is 14.7. The van der Waals surface area contributed by atoms with E-state index in [0.717, 1.165) is 6.54 Å². The molecule has 0 radical (unpaired) electrons. The molecular weight excluding hydrogens is 100 g/mol.